The molecule has 0 fully saturated rings. The highest BCUT2D eigenvalue weighted by atomic mass is 16.4. The lowest BCUT2D eigenvalue weighted by molar-refractivity contribution is 0.0698. The normalized spacial score (nSPS) is 10.4. The zero-order chi connectivity index (χ0) is 13.8. The van der Waals surface area contributed by atoms with Gasteiger partial charge in [-0.3, -0.25) is 4.68 Å². The van der Waals surface area contributed by atoms with E-state index in [0.717, 1.165) is 12.1 Å². The quantitative estimate of drug-likeness (QED) is 0.733. The molecule has 0 unspecified atom stereocenters. The fourth-order valence-electron chi connectivity index (χ4n) is 1.71. The third-order valence-electron chi connectivity index (χ3n) is 2.77. The van der Waals surface area contributed by atoms with E-state index in [2.05, 4.69) is 15.4 Å². The molecule has 7 nitrogen and oxygen atoms in total. The van der Waals surface area contributed by atoms with Crippen LogP contribution in [0.3, 0.4) is 0 Å². The monoisotopic (exact) mass is 261 g/mol. The van der Waals surface area contributed by atoms with Crippen LogP contribution in [-0.2, 0) is 13.5 Å². The van der Waals surface area contributed by atoms with E-state index < -0.39 is 5.97 Å². The largest absolute Gasteiger partial charge is 0.478 e. The lowest BCUT2D eigenvalue weighted by atomic mass is 10.2. The zero-order valence-electron chi connectivity index (χ0n) is 10.5. The van der Waals surface area contributed by atoms with Crippen molar-refractivity contribution in [3.05, 3.63) is 35.8 Å². The summed E-state index contributed by atoms with van der Waals surface area (Å²) in [6.45, 7) is 0.634. The molecule has 4 N–H and O–H groups in total. The Morgan fingerprint density at radius 2 is 2.37 bits per heavy atom. The van der Waals surface area contributed by atoms with Crippen molar-refractivity contribution in [3.8, 4) is 0 Å². The van der Waals surface area contributed by atoms with E-state index in [1.807, 2.05) is 13.1 Å². The van der Waals surface area contributed by atoms with Crippen molar-refractivity contribution >= 4 is 17.5 Å². The summed E-state index contributed by atoms with van der Waals surface area (Å²) in [6, 6.07) is 3.36. The second-order valence-corrected chi connectivity index (χ2v) is 4.08. The number of pyridine rings is 1. The summed E-state index contributed by atoms with van der Waals surface area (Å²) in [6.07, 6.45) is 3.85. The summed E-state index contributed by atoms with van der Waals surface area (Å²) in [4.78, 5) is 15.0. The minimum Gasteiger partial charge on any atom is -0.478 e. The Labute approximate surface area is 110 Å². The van der Waals surface area contributed by atoms with E-state index in [1.54, 1.807) is 10.9 Å². The van der Waals surface area contributed by atoms with Gasteiger partial charge in [0.15, 0.2) is 0 Å². The number of nitrogen functional groups attached to an aromatic ring is 1. The summed E-state index contributed by atoms with van der Waals surface area (Å²) < 4.78 is 1.79. The molecule has 7 heteroatoms. The van der Waals surface area contributed by atoms with E-state index in [9.17, 15) is 4.79 Å². The maximum Gasteiger partial charge on any atom is 0.337 e. The third-order valence-corrected chi connectivity index (χ3v) is 2.77. The van der Waals surface area contributed by atoms with Crippen LogP contribution in [0.5, 0.6) is 0 Å². The molecule has 2 rings (SSSR count). The molecular formula is C12H15N5O2. The average molecular weight is 261 g/mol. The third kappa shape index (κ3) is 3.01. The van der Waals surface area contributed by atoms with Gasteiger partial charge < -0.3 is 16.2 Å². The number of rotatable bonds is 5. The second kappa shape index (κ2) is 5.38. The van der Waals surface area contributed by atoms with Gasteiger partial charge in [-0.25, -0.2) is 9.78 Å². The van der Waals surface area contributed by atoms with Gasteiger partial charge in [-0.1, -0.05) is 0 Å². The van der Waals surface area contributed by atoms with Crippen LogP contribution in [0.2, 0.25) is 0 Å². The predicted molar refractivity (Wildman–Crippen MR) is 71.0 cm³/mol. The number of aromatic carboxylic acids is 1. The number of nitrogens with zero attached hydrogens (tertiary/aromatic N) is 3. The molecule has 0 bridgehead atoms. The van der Waals surface area contributed by atoms with Gasteiger partial charge in [0, 0.05) is 31.9 Å². The van der Waals surface area contributed by atoms with Crippen LogP contribution in [0.15, 0.2) is 24.5 Å². The van der Waals surface area contributed by atoms with Crippen molar-refractivity contribution in [1.29, 1.82) is 0 Å². The Kier molecular flexibility index (Phi) is 3.65. The zero-order valence-corrected chi connectivity index (χ0v) is 10.5. The number of hydrogen-bond acceptors (Lipinski definition) is 5. The number of hydrogen-bond donors (Lipinski definition) is 3. The number of nitrogens with two attached hydrogens (primary N) is 1. The lowest BCUT2D eigenvalue weighted by Crippen LogP contribution is -2.11. The van der Waals surface area contributed by atoms with Crippen LogP contribution >= 0.6 is 0 Å². The average Bonchev–Trinajstić information content (AvgIpc) is 2.77. The van der Waals surface area contributed by atoms with Crippen molar-refractivity contribution in [2.24, 2.45) is 7.05 Å². The van der Waals surface area contributed by atoms with Crippen molar-refractivity contribution in [2.75, 3.05) is 17.6 Å². The first-order chi connectivity index (χ1) is 9.08. The molecule has 100 valence electrons. The van der Waals surface area contributed by atoms with Crippen molar-refractivity contribution in [1.82, 2.24) is 14.8 Å². The van der Waals surface area contributed by atoms with Crippen LogP contribution in [0.25, 0.3) is 0 Å². The van der Waals surface area contributed by atoms with E-state index in [0.29, 0.717) is 12.4 Å². The van der Waals surface area contributed by atoms with Gasteiger partial charge in [-0.05, 0) is 12.1 Å². The molecule has 19 heavy (non-hydrogen) atoms. The molecular weight excluding hydrogens is 246 g/mol. The lowest BCUT2D eigenvalue weighted by Gasteiger charge is -2.07. The highest BCUT2D eigenvalue weighted by Gasteiger charge is 2.09. The van der Waals surface area contributed by atoms with Gasteiger partial charge in [0.2, 0.25) is 0 Å². The minimum absolute atomic E-state index is 0.0537. The van der Waals surface area contributed by atoms with Crippen molar-refractivity contribution in [3.63, 3.8) is 0 Å². The Balaban J connectivity index is 1.98. The molecule has 0 radical (unpaired) electrons. The fraction of sp³-hybridized carbons (Fsp3) is 0.250. The molecule has 0 aliphatic rings. The number of carboxylic acid groups (broad SMARTS) is 1. The van der Waals surface area contributed by atoms with E-state index in [4.69, 9.17) is 10.8 Å². The van der Waals surface area contributed by atoms with Crippen LogP contribution in [0.4, 0.5) is 11.5 Å². The topological polar surface area (TPSA) is 106 Å². The van der Waals surface area contributed by atoms with Crippen molar-refractivity contribution < 1.29 is 9.90 Å². The summed E-state index contributed by atoms with van der Waals surface area (Å²) in [5.74, 6) is -0.566. The first-order valence-electron chi connectivity index (χ1n) is 5.77. The number of carboxylic acids is 1. The second-order valence-electron chi connectivity index (χ2n) is 4.08. The molecule has 2 aromatic rings. The highest BCUT2D eigenvalue weighted by molar-refractivity contribution is 5.94. The maximum absolute atomic E-state index is 10.9. The SMILES string of the molecule is Cn1nccc1CCNc1cc(C(=O)O)c(N)cn1. The molecule has 0 aromatic carbocycles. The number of aryl methyl sites for hydroxylation is 1. The summed E-state index contributed by atoms with van der Waals surface area (Å²) in [5.41, 5.74) is 6.83. The van der Waals surface area contributed by atoms with Crippen LogP contribution in [0.1, 0.15) is 16.1 Å². The summed E-state index contributed by atoms with van der Waals surface area (Å²) in [5, 5.41) is 16.1. The smallest absolute Gasteiger partial charge is 0.337 e. The molecule has 0 atom stereocenters. The van der Waals surface area contributed by atoms with Gasteiger partial charge in [0.1, 0.15) is 5.82 Å². The summed E-state index contributed by atoms with van der Waals surface area (Å²) >= 11 is 0. The Bertz CT molecular complexity index is 594. The first-order valence-corrected chi connectivity index (χ1v) is 5.77. The van der Waals surface area contributed by atoms with Gasteiger partial charge in [-0.2, -0.15) is 5.10 Å². The molecule has 0 aliphatic heterocycles. The van der Waals surface area contributed by atoms with Gasteiger partial charge in [0.05, 0.1) is 17.4 Å². The van der Waals surface area contributed by atoms with E-state index >= 15 is 0 Å². The van der Waals surface area contributed by atoms with E-state index in [-0.39, 0.29) is 11.3 Å². The molecule has 2 aromatic heterocycles. The van der Waals surface area contributed by atoms with Crippen LogP contribution in [0, 0.1) is 0 Å². The number of aromatic nitrogens is 3. The van der Waals surface area contributed by atoms with Gasteiger partial charge in [0.25, 0.3) is 0 Å². The highest BCUT2D eigenvalue weighted by Crippen LogP contribution is 2.14. The number of anilines is 2. The molecule has 0 saturated heterocycles. The van der Waals surface area contributed by atoms with E-state index in [1.165, 1.54) is 12.3 Å². The Hall–Kier alpha value is -2.57. The van der Waals surface area contributed by atoms with Gasteiger partial charge >= 0.3 is 5.97 Å². The molecule has 2 heterocycles. The van der Waals surface area contributed by atoms with Gasteiger partial charge in [-0.15, -0.1) is 0 Å². The maximum atomic E-state index is 10.9. The Morgan fingerprint density at radius 1 is 1.58 bits per heavy atom. The van der Waals surface area contributed by atoms with Crippen molar-refractivity contribution in [2.45, 2.75) is 6.42 Å². The fourth-order valence-corrected chi connectivity index (χ4v) is 1.71. The summed E-state index contributed by atoms with van der Waals surface area (Å²) in [7, 11) is 1.87. The predicted octanol–water partition coefficient (Wildman–Crippen LogP) is 0.750. The first kappa shape index (κ1) is 12.9. The molecule has 0 amide bonds. The molecule has 0 aliphatic carbocycles. The minimum atomic E-state index is -1.06. The standard InChI is InChI=1S/C12H15N5O2/c1-17-8(3-5-16-17)2-4-14-11-6-9(12(18)19)10(13)7-15-11/h3,5-7H,2,4,13H2,1H3,(H,14,15)(H,18,19). The molecule has 0 saturated carbocycles. The Morgan fingerprint density at radius 3 is 3.00 bits per heavy atom. The van der Waals surface area contributed by atoms with Crippen LogP contribution < -0.4 is 11.1 Å². The molecule has 0 spiro atoms. The number of carbonyl (C=O) groups is 1. The number of nitrogens with one attached hydrogen (secondary N) is 1. The van der Waals surface area contributed by atoms with Crippen LogP contribution in [-0.4, -0.2) is 32.4 Å².